The molecule has 4 nitrogen and oxygen atoms in total. The van der Waals surface area contributed by atoms with Gasteiger partial charge in [0.15, 0.2) is 0 Å². The minimum absolute atomic E-state index is 0.286. The lowest BCUT2D eigenvalue weighted by molar-refractivity contribution is 0.0519. The van der Waals surface area contributed by atoms with Gasteiger partial charge in [0, 0.05) is 6.20 Å². The second-order valence-electron chi connectivity index (χ2n) is 4.88. The Balaban J connectivity index is 2.01. The minimum atomic E-state index is -0.286. The van der Waals surface area contributed by atoms with Gasteiger partial charge in [-0.2, -0.15) is 0 Å². The molecule has 0 aliphatic rings. The fourth-order valence-corrected chi connectivity index (χ4v) is 2.28. The summed E-state index contributed by atoms with van der Waals surface area (Å²) in [5, 5.41) is 0. The Labute approximate surface area is 125 Å². The second kappa shape index (κ2) is 6.97. The first kappa shape index (κ1) is 15.2. The van der Waals surface area contributed by atoms with Crippen LogP contribution in [0.15, 0.2) is 30.5 Å². The molecule has 2 aromatic rings. The molecule has 0 radical (unpaired) electrons. The van der Waals surface area contributed by atoms with E-state index in [9.17, 15) is 4.79 Å². The largest absolute Gasteiger partial charge is 0.497 e. The fourth-order valence-electron chi connectivity index (χ4n) is 2.28. The Morgan fingerprint density at radius 2 is 1.90 bits per heavy atom. The Kier molecular flexibility index (Phi) is 5.04. The number of rotatable bonds is 6. The number of benzene rings is 1. The molecule has 112 valence electrons. The van der Waals surface area contributed by atoms with Crippen molar-refractivity contribution in [3.8, 4) is 5.75 Å². The van der Waals surface area contributed by atoms with Crippen LogP contribution < -0.4 is 4.74 Å². The fraction of sp³-hybridized carbons (Fsp3) is 0.353. The maximum absolute atomic E-state index is 11.8. The van der Waals surface area contributed by atoms with E-state index < -0.39 is 0 Å². The number of hydrogen-bond acceptors (Lipinski definition) is 3. The Bertz CT molecular complexity index is 599. The summed E-state index contributed by atoms with van der Waals surface area (Å²) in [4.78, 5) is 14.8. The number of H-pyrrole nitrogens is 1. The normalized spacial score (nSPS) is 10.4. The highest BCUT2D eigenvalue weighted by Gasteiger charge is 2.14. The van der Waals surface area contributed by atoms with E-state index in [2.05, 4.69) is 17.1 Å². The van der Waals surface area contributed by atoms with Gasteiger partial charge >= 0.3 is 5.97 Å². The minimum Gasteiger partial charge on any atom is -0.497 e. The summed E-state index contributed by atoms with van der Waals surface area (Å²) in [6.07, 6.45) is 3.70. The molecule has 1 N–H and O–H groups in total. The number of nitrogens with one attached hydrogen (secondary N) is 1. The topological polar surface area (TPSA) is 51.3 Å². The SMILES string of the molecule is CCOC(=O)c1[nH]cc(CCc2ccc(OC)cc2)c1C. The third-order valence-electron chi connectivity index (χ3n) is 3.57. The third-order valence-corrected chi connectivity index (χ3v) is 3.57. The van der Waals surface area contributed by atoms with Gasteiger partial charge in [-0.3, -0.25) is 0 Å². The summed E-state index contributed by atoms with van der Waals surface area (Å²) >= 11 is 0. The number of aryl methyl sites for hydroxylation is 2. The number of ether oxygens (including phenoxy) is 2. The highest BCUT2D eigenvalue weighted by atomic mass is 16.5. The van der Waals surface area contributed by atoms with Crippen molar-refractivity contribution in [2.75, 3.05) is 13.7 Å². The van der Waals surface area contributed by atoms with Crippen LogP contribution in [0.1, 0.15) is 34.1 Å². The number of aromatic amines is 1. The summed E-state index contributed by atoms with van der Waals surface area (Å²) in [6.45, 7) is 4.14. The van der Waals surface area contributed by atoms with E-state index in [1.807, 2.05) is 25.3 Å². The molecule has 2 rings (SSSR count). The molecule has 0 aliphatic carbocycles. The van der Waals surface area contributed by atoms with E-state index >= 15 is 0 Å². The first-order valence-electron chi connectivity index (χ1n) is 7.12. The van der Waals surface area contributed by atoms with Gasteiger partial charge in [0.25, 0.3) is 0 Å². The van der Waals surface area contributed by atoms with Gasteiger partial charge in [0.2, 0.25) is 0 Å². The van der Waals surface area contributed by atoms with Gasteiger partial charge in [-0.25, -0.2) is 4.79 Å². The maximum atomic E-state index is 11.8. The second-order valence-corrected chi connectivity index (χ2v) is 4.88. The van der Waals surface area contributed by atoms with Crippen LogP contribution in [-0.2, 0) is 17.6 Å². The van der Waals surface area contributed by atoms with Gasteiger partial charge < -0.3 is 14.5 Å². The van der Waals surface area contributed by atoms with Crippen molar-refractivity contribution < 1.29 is 14.3 Å². The molecular formula is C17H21NO3. The first-order chi connectivity index (χ1) is 10.2. The van der Waals surface area contributed by atoms with Gasteiger partial charge in [0.05, 0.1) is 13.7 Å². The molecule has 1 aromatic heterocycles. The molecule has 0 fully saturated rings. The van der Waals surface area contributed by atoms with Crippen molar-refractivity contribution in [3.05, 3.63) is 52.8 Å². The molecule has 0 amide bonds. The van der Waals surface area contributed by atoms with E-state index in [4.69, 9.17) is 9.47 Å². The molecular weight excluding hydrogens is 266 g/mol. The predicted octanol–water partition coefficient (Wildman–Crippen LogP) is 3.29. The van der Waals surface area contributed by atoms with E-state index in [1.165, 1.54) is 5.56 Å². The van der Waals surface area contributed by atoms with Crippen molar-refractivity contribution in [1.29, 1.82) is 0 Å². The van der Waals surface area contributed by atoms with Gasteiger partial charge in [0.1, 0.15) is 11.4 Å². The number of carbonyl (C=O) groups excluding carboxylic acids is 1. The summed E-state index contributed by atoms with van der Waals surface area (Å²) in [5.74, 6) is 0.576. The van der Waals surface area contributed by atoms with Crippen LogP contribution in [0.2, 0.25) is 0 Å². The van der Waals surface area contributed by atoms with Gasteiger partial charge in [-0.1, -0.05) is 12.1 Å². The Morgan fingerprint density at radius 1 is 1.19 bits per heavy atom. The highest BCUT2D eigenvalue weighted by molar-refractivity contribution is 5.89. The average Bonchev–Trinajstić information content (AvgIpc) is 2.87. The third kappa shape index (κ3) is 3.66. The summed E-state index contributed by atoms with van der Waals surface area (Å²) in [5.41, 5.74) is 3.92. The molecule has 0 bridgehead atoms. The molecule has 0 saturated heterocycles. The Morgan fingerprint density at radius 3 is 2.52 bits per heavy atom. The quantitative estimate of drug-likeness (QED) is 0.829. The van der Waals surface area contributed by atoms with Gasteiger partial charge in [-0.05, 0) is 55.5 Å². The van der Waals surface area contributed by atoms with Crippen LogP contribution in [-0.4, -0.2) is 24.7 Å². The van der Waals surface area contributed by atoms with Crippen LogP contribution in [0.25, 0.3) is 0 Å². The zero-order chi connectivity index (χ0) is 15.2. The molecule has 0 atom stereocenters. The number of carbonyl (C=O) groups is 1. The van der Waals surface area contributed by atoms with E-state index in [1.54, 1.807) is 14.0 Å². The summed E-state index contributed by atoms with van der Waals surface area (Å²) < 4.78 is 10.2. The number of hydrogen-bond donors (Lipinski definition) is 1. The van der Waals surface area contributed by atoms with Crippen molar-refractivity contribution in [3.63, 3.8) is 0 Å². The number of aromatic nitrogens is 1. The molecule has 0 aliphatic heterocycles. The van der Waals surface area contributed by atoms with Crippen LogP contribution in [0.4, 0.5) is 0 Å². The molecule has 21 heavy (non-hydrogen) atoms. The van der Waals surface area contributed by atoms with E-state index in [0.717, 1.165) is 29.7 Å². The van der Waals surface area contributed by atoms with Crippen molar-refractivity contribution >= 4 is 5.97 Å². The molecule has 0 unspecified atom stereocenters. The zero-order valence-corrected chi connectivity index (χ0v) is 12.7. The summed E-state index contributed by atoms with van der Waals surface area (Å²) in [7, 11) is 1.66. The molecule has 4 heteroatoms. The number of methoxy groups -OCH3 is 1. The zero-order valence-electron chi connectivity index (χ0n) is 12.7. The lowest BCUT2D eigenvalue weighted by Crippen LogP contribution is -2.06. The molecule has 0 saturated carbocycles. The van der Waals surface area contributed by atoms with Crippen LogP contribution in [0.5, 0.6) is 5.75 Å². The van der Waals surface area contributed by atoms with Crippen molar-refractivity contribution in [1.82, 2.24) is 4.98 Å². The number of esters is 1. The van der Waals surface area contributed by atoms with Crippen LogP contribution in [0, 0.1) is 6.92 Å². The highest BCUT2D eigenvalue weighted by Crippen LogP contribution is 2.18. The Hall–Kier alpha value is -2.23. The van der Waals surface area contributed by atoms with Crippen molar-refractivity contribution in [2.24, 2.45) is 0 Å². The van der Waals surface area contributed by atoms with Gasteiger partial charge in [-0.15, -0.1) is 0 Å². The molecule has 0 spiro atoms. The predicted molar refractivity (Wildman–Crippen MR) is 81.9 cm³/mol. The van der Waals surface area contributed by atoms with Crippen LogP contribution >= 0.6 is 0 Å². The smallest absolute Gasteiger partial charge is 0.355 e. The van der Waals surface area contributed by atoms with Crippen molar-refractivity contribution in [2.45, 2.75) is 26.7 Å². The van der Waals surface area contributed by atoms with Crippen LogP contribution in [0.3, 0.4) is 0 Å². The lowest BCUT2D eigenvalue weighted by atomic mass is 10.0. The maximum Gasteiger partial charge on any atom is 0.355 e. The standard InChI is InChI=1S/C17H21NO3/c1-4-21-17(19)16-12(2)14(11-18-16)8-5-13-6-9-15(20-3)10-7-13/h6-7,9-11,18H,4-5,8H2,1-3H3. The molecule has 1 heterocycles. The average molecular weight is 287 g/mol. The lowest BCUT2D eigenvalue weighted by Gasteiger charge is -2.04. The molecule has 1 aromatic carbocycles. The van der Waals surface area contributed by atoms with E-state index in [-0.39, 0.29) is 5.97 Å². The monoisotopic (exact) mass is 287 g/mol. The first-order valence-corrected chi connectivity index (χ1v) is 7.12. The van der Waals surface area contributed by atoms with E-state index in [0.29, 0.717) is 12.3 Å². The summed E-state index contributed by atoms with van der Waals surface area (Å²) in [6, 6.07) is 8.05.